The third-order valence-corrected chi connectivity index (χ3v) is 6.38. The minimum atomic E-state index is -0.0125. The minimum Gasteiger partial charge on any atom is -0.497 e. The Labute approximate surface area is 169 Å². The lowest BCUT2D eigenvalue weighted by molar-refractivity contribution is -0.125. The Morgan fingerprint density at radius 3 is 2.89 bits per heavy atom. The van der Waals surface area contributed by atoms with Crippen molar-refractivity contribution < 1.29 is 9.53 Å². The van der Waals surface area contributed by atoms with Crippen molar-refractivity contribution in [2.75, 3.05) is 25.1 Å². The summed E-state index contributed by atoms with van der Waals surface area (Å²) in [6, 6.07) is 16.1. The Morgan fingerprint density at radius 1 is 1.29 bits per heavy atom. The number of hydrogen-bond donors (Lipinski definition) is 1. The van der Waals surface area contributed by atoms with Crippen LogP contribution >= 0.6 is 11.3 Å². The van der Waals surface area contributed by atoms with Crippen molar-refractivity contribution in [3.8, 4) is 5.75 Å². The molecule has 1 fully saturated rings. The van der Waals surface area contributed by atoms with Crippen molar-refractivity contribution in [1.82, 2.24) is 10.3 Å². The molecule has 0 spiro atoms. The summed E-state index contributed by atoms with van der Waals surface area (Å²) in [5.41, 5.74) is 2.11. The zero-order valence-electron chi connectivity index (χ0n) is 16.2. The zero-order valence-corrected chi connectivity index (χ0v) is 17.0. The van der Waals surface area contributed by atoms with E-state index < -0.39 is 0 Å². The summed E-state index contributed by atoms with van der Waals surface area (Å²) < 4.78 is 6.42. The standard InChI is InChI=1S/C22H25N3O2S/c1-15(16-7-4-3-5-8-16)23-21(26)17-9-6-12-25(14-17)22-24-19-11-10-18(27-2)13-20(19)28-22/h3-5,7-8,10-11,13,15,17H,6,9,12,14H2,1-2H3,(H,23,26). The number of methoxy groups -OCH3 is 1. The van der Waals surface area contributed by atoms with Crippen molar-refractivity contribution in [2.45, 2.75) is 25.8 Å². The first-order chi connectivity index (χ1) is 13.6. The minimum absolute atomic E-state index is 0.0125. The summed E-state index contributed by atoms with van der Waals surface area (Å²) in [7, 11) is 1.67. The lowest BCUT2D eigenvalue weighted by atomic mass is 9.96. The molecule has 2 unspecified atom stereocenters. The molecule has 1 aromatic heterocycles. The summed E-state index contributed by atoms with van der Waals surface area (Å²) in [6.07, 6.45) is 1.92. The van der Waals surface area contributed by atoms with E-state index in [0.717, 1.165) is 46.0 Å². The number of ether oxygens (including phenoxy) is 1. The molecule has 5 nitrogen and oxygen atoms in total. The molecule has 1 amide bonds. The fourth-order valence-corrected chi connectivity index (χ4v) is 4.71. The van der Waals surface area contributed by atoms with Gasteiger partial charge in [0.25, 0.3) is 0 Å². The third kappa shape index (κ3) is 3.97. The van der Waals surface area contributed by atoms with Gasteiger partial charge in [0.1, 0.15) is 5.75 Å². The number of carbonyl (C=O) groups is 1. The second-order valence-electron chi connectivity index (χ2n) is 7.26. The number of carbonyl (C=O) groups excluding carboxylic acids is 1. The average Bonchev–Trinajstić information content (AvgIpc) is 3.17. The van der Waals surface area contributed by atoms with E-state index in [-0.39, 0.29) is 17.9 Å². The van der Waals surface area contributed by atoms with Gasteiger partial charge in [-0.25, -0.2) is 4.98 Å². The number of anilines is 1. The highest BCUT2D eigenvalue weighted by molar-refractivity contribution is 7.22. The normalized spacial score (nSPS) is 18.1. The van der Waals surface area contributed by atoms with E-state index in [9.17, 15) is 4.79 Å². The number of amides is 1. The van der Waals surface area contributed by atoms with Crippen LogP contribution in [-0.2, 0) is 4.79 Å². The second-order valence-corrected chi connectivity index (χ2v) is 8.27. The van der Waals surface area contributed by atoms with E-state index in [1.807, 2.05) is 55.5 Å². The predicted octanol–water partition coefficient (Wildman–Crippen LogP) is 4.40. The van der Waals surface area contributed by atoms with Crippen molar-refractivity contribution in [3.05, 3.63) is 54.1 Å². The number of hydrogen-bond acceptors (Lipinski definition) is 5. The molecule has 2 aromatic carbocycles. The van der Waals surface area contributed by atoms with E-state index >= 15 is 0 Å². The molecule has 28 heavy (non-hydrogen) atoms. The van der Waals surface area contributed by atoms with Gasteiger partial charge >= 0.3 is 0 Å². The molecule has 0 aliphatic carbocycles. The predicted molar refractivity (Wildman–Crippen MR) is 114 cm³/mol. The lowest BCUT2D eigenvalue weighted by Gasteiger charge is -2.32. The van der Waals surface area contributed by atoms with Crippen LogP contribution in [0.25, 0.3) is 10.2 Å². The van der Waals surface area contributed by atoms with E-state index in [0.29, 0.717) is 6.54 Å². The Morgan fingerprint density at radius 2 is 2.11 bits per heavy atom. The lowest BCUT2D eigenvalue weighted by Crippen LogP contribution is -2.43. The summed E-state index contributed by atoms with van der Waals surface area (Å²) in [5.74, 6) is 0.957. The number of fused-ring (bicyclic) bond motifs is 1. The SMILES string of the molecule is COc1ccc2nc(N3CCCC(C(=O)NC(C)c4ccccc4)C3)sc2c1. The van der Waals surface area contributed by atoms with Gasteiger partial charge in [0.2, 0.25) is 5.91 Å². The van der Waals surface area contributed by atoms with Gasteiger partial charge in [-0.3, -0.25) is 4.79 Å². The molecule has 3 aromatic rings. The number of benzene rings is 2. The molecule has 0 bridgehead atoms. The Balaban J connectivity index is 1.44. The van der Waals surface area contributed by atoms with E-state index in [2.05, 4.69) is 10.2 Å². The highest BCUT2D eigenvalue weighted by Crippen LogP contribution is 2.33. The van der Waals surface area contributed by atoms with E-state index in [1.54, 1.807) is 18.4 Å². The Hall–Kier alpha value is -2.60. The maximum absolute atomic E-state index is 12.8. The number of rotatable bonds is 5. The van der Waals surface area contributed by atoms with Crippen LogP contribution in [0, 0.1) is 5.92 Å². The topological polar surface area (TPSA) is 54.5 Å². The molecule has 1 N–H and O–H groups in total. The molecule has 0 radical (unpaired) electrons. The molecule has 1 aliphatic rings. The molecule has 6 heteroatoms. The summed E-state index contributed by atoms with van der Waals surface area (Å²) >= 11 is 1.66. The quantitative estimate of drug-likeness (QED) is 0.696. The molecule has 1 saturated heterocycles. The van der Waals surface area contributed by atoms with Crippen LogP contribution in [0.1, 0.15) is 31.4 Å². The van der Waals surface area contributed by atoms with Gasteiger partial charge in [-0.05, 0) is 43.5 Å². The maximum atomic E-state index is 12.8. The zero-order chi connectivity index (χ0) is 19.5. The maximum Gasteiger partial charge on any atom is 0.225 e. The van der Waals surface area contributed by atoms with Crippen LogP contribution in [0.5, 0.6) is 5.75 Å². The molecular weight excluding hydrogens is 370 g/mol. The number of piperidine rings is 1. The van der Waals surface area contributed by atoms with Gasteiger partial charge in [0, 0.05) is 13.1 Å². The van der Waals surface area contributed by atoms with Gasteiger partial charge in [-0.1, -0.05) is 41.7 Å². The van der Waals surface area contributed by atoms with Crippen LogP contribution in [-0.4, -0.2) is 31.1 Å². The van der Waals surface area contributed by atoms with Crippen LogP contribution in [0.3, 0.4) is 0 Å². The number of thiazole rings is 1. The summed E-state index contributed by atoms with van der Waals surface area (Å²) in [4.78, 5) is 19.9. The molecule has 2 heterocycles. The fourth-order valence-electron chi connectivity index (χ4n) is 3.68. The van der Waals surface area contributed by atoms with Gasteiger partial charge in [0.05, 0.1) is 29.3 Å². The largest absolute Gasteiger partial charge is 0.497 e. The average molecular weight is 396 g/mol. The van der Waals surface area contributed by atoms with E-state index in [1.165, 1.54) is 0 Å². The first-order valence-corrected chi connectivity index (χ1v) is 10.5. The molecule has 0 saturated carbocycles. The molecular formula is C22H25N3O2S. The summed E-state index contributed by atoms with van der Waals surface area (Å²) in [5, 5.41) is 4.16. The molecule has 146 valence electrons. The van der Waals surface area contributed by atoms with Crippen LogP contribution in [0.2, 0.25) is 0 Å². The van der Waals surface area contributed by atoms with Gasteiger partial charge < -0.3 is 15.0 Å². The fraction of sp³-hybridized carbons (Fsp3) is 0.364. The highest BCUT2D eigenvalue weighted by Gasteiger charge is 2.28. The molecule has 2 atom stereocenters. The Kier molecular flexibility index (Phi) is 5.48. The summed E-state index contributed by atoms with van der Waals surface area (Å²) in [6.45, 7) is 3.69. The third-order valence-electron chi connectivity index (χ3n) is 5.31. The number of nitrogens with zero attached hydrogens (tertiary/aromatic N) is 2. The first kappa shape index (κ1) is 18.7. The highest BCUT2D eigenvalue weighted by atomic mass is 32.1. The van der Waals surface area contributed by atoms with Crippen LogP contribution in [0.15, 0.2) is 48.5 Å². The van der Waals surface area contributed by atoms with Gasteiger partial charge in [-0.2, -0.15) is 0 Å². The monoisotopic (exact) mass is 395 g/mol. The van der Waals surface area contributed by atoms with Crippen LogP contribution in [0.4, 0.5) is 5.13 Å². The second kappa shape index (κ2) is 8.19. The van der Waals surface area contributed by atoms with E-state index in [4.69, 9.17) is 9.72 Å². The van der Waals surface area contributed by atoms with Crippen LogP contribution < -0.4 is 15.0 Å². The van der Waals surface area contributed by atoms with Crippen molar-refractivity contribution >= 4 is 32.6 Å². The van der Waals surface area contributed by atoms with Gasteiger partial charge in [-0.15, -0.1) is 0 Å². The smallest absolute Gasteiger partial charge is 0.225 e. The van der Waals surface area contributed by atoms with Gasteiger partial charge in [0.15, 0.2) is 5.13 Å². The number of aromatic nitrogens is 1. The molecule has 1 aliphatic heterocycles. The molecule has 4 rings (SSSR count). The Bertz CT molecular complexity index is 957. The van der Waals surface area contributed by atoms with Crippen molar-refractivity contribution in [2.24, 2.45) is 5.92 Å². The first-order valence-electron chi connectivity index (χ1n) is 9.69. The number of nitrogens with one attached hydrogen (secondary N) is 1. The van der Waals surface area contributed by atoms with Crippen molar-refractivity contribution in [1.29, 1.82) is 0 Å². The van der Waals surface area contributed by atoms with Crippen molar-refractivity contribution in [3.63, 3.8) is 0 Å².